The number of rotatable bonds is 4. The quantitative estimate of drug-likeness (QED) is 0.671. The number of hydrogen-bond donors (Lipinski definition) is 1. The fourth-order valence-corrected chi connectivity index (χ4v) is 2.38. The van der Waals surface area contributed by atoms with Crippen molar-refractivity contribution in [3.63, 3.8) is 0 Å². The van der Waals surface area contributed by atoms with E-state index >= 15 is 0 Å². The van der Waals surface area contributed by atoms with E-state index < -0.39 is 4.92 Å². The molecule has 0 saturated heterocycles. The zero-order valence-corrected chi connectivity index (χ0v) is 11.9. The summed E-state index contributed by atoms with van der Waals surface area (Å²) in [6.45, 7) is 7.02. The van der Waals surface area contributed by atoms with Gasteiger partial charge in [-0.15, -0.1) is 0 Å². The summed E-state index contributed by atoms with van der Waals surface area (Å²) in [6.07, 6.45) is 0. The Balaban J connectivity index is 2.11. The molecule has 4 nitrogen and oxygen atoms in total. The number of nitro benzene ring substituents is 1. The Hall–Kier alpha value is -2.36. The SMILES string of the molecule is Cc1cc(C)c(CNc2ccc([N+](=O)[O-])cc2)c(C)c1. The van der Waals surface area contributed by atoms with Gasteiger partial charge >= 0.3 is 0 Å². The summed E-state index contributed by atoms with van der Waals surface area (Å²) >= 11 is 0. The lowest BCUT2D eigenvalue weighted by atomic mass is 10.00. The lowest BCUT2D eigenvalue weighted by Gasteiger charge is -2.13. The minimum atomic E-state index is -0.391. The van der Waals surface area contributed by atoms with Gasteiger partial charge in [0, 0.05) is 24.4 Å². The first-order valence-corrected chi connectivity index (χ1v) is 6.52. The first-order chi connectivity index (χ1) is 9.47. The van der Waals surface area contributed by atoms with Crippen molar-refractivity contribution >= 4 is 11.4 Å². The summed E-state index contributed by atoms with van der Waals surface area (Å²) in [5.74, 6) is 0. The molecule has 0 radical (unpaired) electrons. The highest BCUT2D eigenvalue weighted by atomic mass is 16.6. The molecule has 20 heavy (non-hydrogen) atoms. The van der Waals surface area contributed by atoms with Gasteiger partial charge in [-0.3, -0.25) is 10.1 Å². The van der Waals surface area contributed by atoms with Crippen molar-refractivity contribution in [3.05, 3.63) is 68.8 Å². The van der Waals surface area contributed by atoms with Crippen LogP contribution in [0.25, 0.3) is 0 Å². The lowest BCUT2D eigenvalue weighted by molar-refractivity contribution is -0.384. The number of non-ortho nitro benzene ring substituents is 1. The van der Waals surface area contributed by atoms with Crippen molar-refractivity contribution in [1.82, 2.24) is 0 Å². The smallest absolute Gasteiger partial charge is 0.269 e. The fourth-order valence-electron chi connectivity index (χ4n) is 2.38. The first-order valence-electron chi connectivity index (χ1n) is 6.52. The summed E-state index contributed by atoms with van der Waals surface area (Å²) in [5, 5.41) is 13.9. The van der Waals surface area contributed by atoms with Crippen molar-refractivity contribution in [2.45, 2.75) is 27.3 Å². The first kappa shape index (κ1) is 14.1. The maximum Gasteiger partial charge on any atom is 0.269 e. The summed E-state index contributed by atoms with van der Waals surface area (Å²) in [5.41, 5.74) is 6.05. The van der Waals surface area contributed by atoms with E-state index in [-0.39, 0.29) is 5.69 Å². The molecule has 0 aliphatic rings. The molecule has 0 aliphatic heterocycles. The summed E-state index contributed by atoms with van der Waals surface area (Å²) in [6, 6.07) is 10.8. The Morgan fingerprint density at radius 1 is 1.05 bits per heavy atom. The van der Waals surface area contributed by atoms with Crippen LogP contribution in [0.5, 0.6) is 0 Å². The van der Waals surface area contributed by atoms with Crippen LogP contribution in [-0.2, 0) is 6.54 Å². The maximum atomic E-state index is 10.6. The lowest BCUT2D eigenvalue weighted by Crippen LogP contribution is -2.04. The van der Waals surface area contributed by atoms with Crippen LogP contribution in [0.2, 0.25) is 0 Å². The zero-order chi connectivity index (χ0) is 14.7. The highest BCUT2D eigenvalue weighted by Gasteiger charge is 2.06. The average Bonchev–Trinajstić information content (AvgIpc) is 2.38. The monoisotopic (exact) mass is 270 g/mol. The average molecular weight is 270 g/mol. The normalized spacial score (nSPS) is 10.3. The van der Waals surface area contributed by atoms with Crippen molar-refractivity contribution < 1.29 is 4.92 Å². The van der Waals surface area contributed by atoms with Crippen molar-refractivity contribution in [2.75, 3.05) is 5.32 Å². The van der Waals surface area contributed by atoms with Crippen LogP contribution in [0.15, 0.2) is 36.4 Å². The molecule has 1 N–H and O–H groups in total. The minimum absolute atomic E-state index is 0.109. The van der Waals surface area contributed by atoms with Crippen molar-refractivity contribution in [3.8, 4) is 0 Å². The van der Waals surface area contributed by atoms with E-state index in [1.165, 1.54) is 34.4 Å². The molecule has 0 bridgehead atoms. The summed E-state index contributed by atoms with van der Waals surface area (Å²) in [4.78, 5) is 10.2. The molecule has 0 fully saturated rings. The second kappa shape index (κ2) is 5.74. The van der Waals surface area contributed by atoms with Gasteiger partial charge in [-0.2, -0.15) is 0 Å². The van der Waals surface area contributed by atoms with Crippen LogP contribution in [0, 0.1) is 30.9 Å². The third kappa shape index (κ3) is 3.15. The second-order valence-corrected chi connectivity index (χ2v) is 5.03. The number of benzene rings is 2. The van der Waals surface area contributed by atoms with Crippen LogP contribution < -0.4 is 5.32 Å². The van der Waals surface area contributed by atoms with Crippen LogP contribution in [0.1, 0.15) is 22.3 Å². The van der Waals surface area contributed by atoms with E-state index in [9.17, 15) is 10.1 Å². The number of nitrogens with zero attached hydrogens (tertiary/aromatic N) is 1. The predicted molar refractivity (Wildman–Crippen MR) is 81.1 cm³/mol. The van der Waals surface area contributed by atoms with Crippen LogP contribution in [-0.4, -0.2) is 4.92 Å². The molecule has 0 saturated carbocycles. The largest absolute Gasteiger partial charge is 0.381 e. The third-order valence-electron chi connectivity index (χ3n) is 3.39. The Labute approximate surface area is 118 Å². The van der Waals surface area contributed by atoms with E-state index in [0.717, 1.165) is 12.2 Å². The van der Waals surface area contributed by atoms with Gasteiger partial charge in [-0.25, -0.2) is 0 Å². The standard InChI is InChI=1S/C16H18N2O2/c1-11-8-12(2)16(13(3)9-11)10-17-14-4-6-15(7-5-14)18(19)20/h4-9,17H,10H2,1-3H3. The van der Waals surface area contributed by atoms with E-state index in [2.05, 4.69) is 38.2 Å². The van der Waals surface area contributed by atoms with Crippen LogP contribution >= 0.6 is 0 Å². The molecule has 2 aromatic carbocycles. The van der Waals surface area contributed by atoms with E-state index in [1.807, 2.05) is 0 Å². The highest BCUT2D eigenvalue weighted by Crippen LogP contribution is 2.20. The Morgan fingerprint density at radius 3 is 2.10 bits per heavy atom. The Kier molecular flexibility index (Phi) is 4.03. The molecular formula is C16H18N2O2. The van der Waals surface area contributed by atoms with Gasteiger partial charge in [0.1, 0.15) is 0 Å². The molecule has 0 unspecified atom stereocenters. The van der Waals surface area contributed by atoms with Gasteiger partial charge in [0.05, 0.1) is 4.92 Å². The van der Waals surface area contributed by atoms with Crippen molar-refractivity contribution in [1.29, 1.82) is 0 Å². The number of hydrogen-bond acceptors (Lipinski definition) is 3. The molecule has 2 rings (SSSR count). The highest BCUT2D eigenvalue weighted by molar-refractivity contribution is 5.50. The Morgan fingerprint density at radius 2 is 1.60 bits per heavy atom. The minimum Gasteiger partial charge on any atom is -0.381 e. The van der Waals surface area contributed by atoms with Gasteiger partial charge in [-0.1, -0.05) is 17.7 Å². The van der Waals surface area contributed by atoms with Gasteiger partial charge < -0.3 is 5.32 Å². The van der Waals surface area contributed by atoms with Gasteiger partial charge in [0.25, 0.3) is 5.69 Å². The Bertz CT molecular complexity index is 610. The molecule has 0 aromatic heterocycles. The molecule has 0 amide bonds. The van der Waals surface area contributed by atoms with Crippen LogP contribution in [0.3, 0.4) is 0 Å². The molecule has 4 heteroatoms. The van der Waals surface area contributed by atoms with Gasteiger partial charge in [-0.05, 0) is 49.6 Å². The predicted octanol–water partition coefficient (Wildman–Crippen LogP) is 4.13. The topological polar surface area (TPSA) is 55.2 Å². The number of nitro groups is 1. The molecular weight excluding hydrogens is 252 g/mol. The van der Waals surface area contributed by atoms with Crippen LogP contribution in [0.4, 0.5) is 11.4 Å². The summed E-state index contributed by atoms with van der Waals surface area (Å²) < 4.78 is 0. The molecule has 0 aliphatic carbocycles. The number of aryl methyl sites for hydroxylation is 3. The molecule has 0 heterocycles. The fraction of sp³-hybridized carbons (Fsp3) is 0.250. The zero-order valence-electron chi connectivity index (χ0n) is 11.9. The second-order valence-electron chi connectivity index (χ2n) is 5.03. The molecule has 0 spiro atoms. The molecule has 104 valence electrons. The maximum absolute atomic E-state index is 10.6. The van der Waals surface area contributed by atoms with E-state index in [1.54, 1.807) is 12.1 Å². The number of anilines is 1. The van der Waals surface area contributed by atoms with Crippen molar-refractivity contribution in [2.24, 2.45) is 0 Å². The molecule has 0 atom stereocenters. The molecule has 2 aromatic rings. The van der Waals surface area contributed by atoms with E-state index in [0.29, 0.717) is 0 Å². The summed E-state index contributed by atoms with van der Waals surface area (Å²) in [7, 11) is 0. The van der Waals surface area contributed by atoms with Gasteiger partial charge in [0.2, 0.25) is 0 Å². The van der Waals surface area contributed by atoms with E-state index in [4.69, 9.17) is 0 Å². The van der Waals surface area contributed by atoms with Gasteiger partial charge in [0.15, 0.2) is 0 Å². The number of nitrogens with one attached hydrogen (secondary N) is 1. The third-order valence-corrected chi connectivity index (χ3v) is 3.39.